The van der Waals surface area contributed by atoms with Crippen LogP contribution in [-0.4, -0.2) is 35.9 Å². The second kappa shape index (κ2) is 11.0. The van der Waals surface area contributed by atoms with E-state index in [9.17, 15) is 14.4 Å². The van der Waals surface area contributed by atoms with Crippen molar-refractivity contribution in [1.82, 2.24) is 10.3 Å². The molecule has 2 aromatic rings. The lowest BCUT2D eigenvalue weighted by Gasteiger charge is -2.26. The number of nitrogens with zero attached hydrogens (tertiary/aromatic N) is 1. The van der Waals surface area contributed by atoms with Gasteiger partial charge < -0.3 is 21.1 Å². The fourth-order valence-corrected chi connectivity index (χ4v) is 4.78. The van der Waals surface area contributed by atoms with Crippen LogP contribution in [0, 0.1) is 5.92 Å². The summed E-state index contributed by atoms with van der Waals surface area (Å²) >= 11 is 13.0. The summed E-state index contributed by atoms with van der Waals surface area (Å²) in [7, 11) is 1.27. The predicted molar refractivity (Wildman–Crippen MR) is 125 cm³/mol. The maximum Gasteiger partial charge on any atom is 0.349 e. The molecule has 1 heterocycles. The van der Waals surface area contributed by atoms with Crippen LogP contribution in [0.1, 0.15) is 58.6 Å². The van der Waals surface area contributed by atoms with Crippen molar-refractivity contribution < 1.29 is 19.1 Å². The number of carbonyl (C=O) groups is 3. The fraction of sp³-hybridized carbons (Fsp3) is 0.429. The molecule has 1 aliphatic carbocycles. The number of methoxy groups -OCH3 is 1. The smallest absolute Gasteiger partial charge is 0.349 e. The number of esters is 1. The van der Waals surface area contributed by atoms with Gasteiger partial charge in [0.15, 0.2) is 5.13 Å². The van der Waals surface area contributed by atoms with Crippen LogP contribution in [0.5, 0.6) is 0 Å². The molecule has 4 N–H and O–H groups in total. The Labute approximate surface area is 199 Å². The van der Waals surface area contributed by atoms with Crippen LogP contribution < -0.4 is 16.4 Å². The van der Waals surface area contributed by atoms with Crippen LogP contribution in [0.3, 0.4) is 0 Å². The SMILES string of the molecule is COC(=O)c1cnc(NC(=O)[C@H](CC2CCCCC2)NC(=O)c2cc(Cl)c(Cl)cc2N)s1. The van der Waals surface area contributed by atoms with Crippen LogP contribution in [0.25, 0.3) is 0 Å². The van der Waals surface area contributed by atoms with Gasteiger partial charge in [0.05, 0.1) is 28.9 Å². The summed E-state index contributed by atoms with van der Waals surface area (Å²) in [6, 6.07) is 1.97. The summed E-state index contributed by atoms with van der Waals surface area (Å²) in [5, 5.41) is 6.15. The third-order valence-corrected chi connectivity index (χ3v) is 6.99. The highest BCUT2D eigenvalue weighted by Crippen LogP contribution is 2.30. The molecule has 2 amide bonds. The molecular weight excluding hydrogens is 475 g/mol. The van der Waals surface area contributed by atoms with E-state index in [1.165, 1.54) is 31.9 Å². The minimum Gasteiger partial charge on any atom is -0.465 e. The lowest BCUT2D eigenvalue weighted by Crippen LogP contribution is -2.45. The number of halogens is 2. The minimum atomic E-state index is -0.815. The van der Waals surface area contributed by atoms with E-state index < -0.39 is 23.8 Å². The maximum atomic E-state index is 13.1. The molecule has 0 saturated heterocycles. The summed E-state index contributed by atoms with van der Waals surface area (Å²) in [5.41, 5.74) is 6.24. The number of amides is 2. The van der Waals surface area contributed by atoms with Crippen LogP contribution in [0.4, 0.5) is 10.8 Å². The van der Waals surface area contributed by atoms with Gasteiger partial charge in [0.25, 0.3) is 5.91 Å². The summed E-state index contributed by atoms with van der Waals surface area (Å²) in [4.78, 5) is 41.9. The Hall–Kier alpha value is -2.36. The molecule has 32 heavy (non-hydrogen) atoms. The first-order valence-electron chi connectivity index (χ1n) is 10.2. The van der Waals surface area contributed by atoms with Gasteiger partial charge in [-0.15, -0.1) is 0 Å². The van der Waals surface area contributed by atoms with Crippen LogP contribution in [0.2, 0.25) is 10.0 Å². The molecule has 8 nitrogen and oxygen atoms in total. The molecule has 1 saturated carbocycles. The molecule has 0 aliphatic heterocycles. The largest absolute Gasteiger partial charge is 0.465 e. The number of ether oxygens (including phenoxy) is 1. The third kappa shape index (κ3) is 6.11. The van der Waals surface area contributed by atoms with Gasteiger partial charge in [-0.1, -0.05) is 66.6 Å². The average molecular weight is 499 g/mol. The van der Waals surface area contributed by atoms with Gasteiger partial charge >= 0.3 is 5.97 Å². The van der Waals surface area contributed by atoms with E-state index in [4.69, 9.17) is 28.9 Å². The summed E-state index contributed by atoms with van der Waals surface area (Å²) in [6.07, 6.45) is 7.18. The maximum absolute atomic E-state index is 13.1. The highest BCUT2D eigenvalue weighted by atomic mass is 35.5. The highest BCUT2D eigenvalue weighted by molar-refractivity contribution is 7.17. The van der Waals surface area contributed by atoms with E-state index >= 15 is 0 Å². The van der Waals surface area contributed by atoms with Crippen molar-refractivity contribution in [3.8, 4) is 0 Å². The Morgan fingerprint density at radius 2 is 1.91 bits per heavy atom. The van der Waals surface area contributed by atoms with Crippen LogP contribution >= 0.6 is 34.5 Å². The van der Waals surface area contributed by atoms with Gasteiger partial charge in [-0.3, -0.25) is 9.59 Å². The Bertz CT molecular complexity index is 1010. The molecule has 0 radical (unpaired) electrons. The van der Waals surface area contributed by atoms with E-state index in [-0.39, 0.29) is 31.3 Å². The van der Waals surface area contributed by atoms with E-state index in [1.807, 2.05) is 0 Å². The van der Waals surface area contributed by atoms with Gasteiger partial charge in [-0.05, 0) is 24.5 Å². The predicted octanol–water partition coefficient (Wildman–Crippen LogP) is 4.53. The normalized spacial score (nSPS) is 15.1. The number of hydrogen-bond donors (Lipinski definition) is 3. The first-order valence-corrected chi connectivity index (χ1v) is 11.8. The molecule has 0 bridgehead atoms. The van der Waals surface area contributed by atoms with Gasteiger partial charge in [0.2, 0.25) is 5.91 Å². The topological polar surface area (TPSA) is 123 Å². The number of rotatable bonds is 7. The first-order chi connectivity index (χ1) is 15.3. The van der Waals surface area contributed by atoms with E-state index in [0.29, 0.717) is 12.3 Å². The Morgan fingerprint density at radius 1 is 1.22 bits per heavy atom. The summed E-state index contributed by atoms with van der Waals surface area (Å²) < 4.78 is 4.66. The van der Waals surface area contributed by atoms with Crippen molar-refractivity contribution in [3.05, 3.63) is 38.8 Å². The minimum absolute atomic E-state index is 0.142. The Morgan fingerprint density at radius 3 is 2.59 bits per heavy atom. The lowest BCUT2D eigenvalue weighted by atomic mass is 9.84. The zero-order valence-corrected chi connectivity index (χ0v) is 19.8. The zero-order valence-electron chi connectivity index (χ0n) is 17.5. The van der Waals surface area contributed by atoms with Gasteiger partial charge in [-0.25, -0.2) is 9.78 Å². The van der Waals surface area contributed by atoms with Crippen LogP contribution in [-0.2, 0) is 9.53 Å². The van der Waals surface area contributed by atoms with Crippen molar-refractivity contribution in [3.63, 3.8) is 0 Å². The molecule has 1 aromatic heterocycles. The van der Waals surface area contributed by atoms with Crippen molar-refractivity contribution >= 4 is 63.1 Å². The number of anilines is 2. The monoisotopic (exact) mass is 498 g/mol. The first kappa shape index (κ1) is 24.3. The molecule has 1 aromatic carbocycles. The standard InChI is InChI=1S/C21H24Cl2N4O4S/c1-31-20(30)17-10-25-21(32-17)27-19(29)16(7-11-5-3-2-4-6-11)26-18(28)12-8-13(22)14(23)9-15(12)24/h8-11,16H,2-7,24H2,1H3,(H,26,28)(H,25,27,29)/t16-/m0/s1. The summed E-state index contributed by atoms with van der Waals surface area (Å²) in [5.74, 6) is -1.17. The molecule has 0 spiro atoms. The number of carbonyl (C=O) groups excluding carboxylic acids is 3. The van der Waals surface area contributed by atoms with Gasteiger partial charge in [0.1, 0.15) is 10.9 Å². The second-order valence-electron chi connectivity index (χ2n) is 7.63. The number of thiazole rings is 1. The number of hydrogen-bond acceptors (Lipinski definition) is 7. The molecule has 1 fully saturated rings. The quantitative estimate of drug-likeness (QED) is 0.380. The molecule has 3 rings (SSSR count). The van der Waals surface area contributed by atoms with Crippen molar-refractivity contribution in [2.45, 2.75) is 44.6 Å². The second-order valence-corrected chi connectivity index (χ2v) is 9.47. The Kier molecular flexibility index (Phi) is 8.33. The van der Waals surface area contributed by atoms with E-state index in [0.717, 1.165) is 37.0 Å². The van der Waals surface area contributed by atoms with Gasteiger partial charge in [-0.2, -0.15) is 0 Å². The number of nitrogens with two attached hydrogens (primary N) is 1. The average Bonchev–Trinajstić information content (AvgIpc) is 3.24. The molecule has 1 atom stereocenters. The van der Waals surface area contributed by atoms with Gasteiger partial charge in [0, 0.05) is 5.69 Å². The van der Waals surface area contributed by atoms with Crippen molar-refractivity contribution in [2.75, 3.05) is 18.2 Å². The highest BCUT2D eigenvalue weighted by Gasteiger charge is 2.28. The molecular formula is C21H24Cl2N4O4S. The van der Waals surface area contributed by atoms with E-state index in [2.05, 4.69) is 20.4 Å². The zero-order chi connectivity index (χ0) is 23.3. The number of nitrogens with one attached hydrogen (secondary N) is 2. The Balaban J connectivity index is 1.77. The van der Waals surface area contributed by atoms with E-state index in [1.54, 1.807) is 0 Å². The number of nitrogen functional groups attached to an aromatic ring is 1. The third-order valence-electron chi connectivity index (χ3n) is 5.38. The number of benzene rings is 1. The van der Waals surface area contributed by atoms with Crippen molar-refractivity contribution in [2.24, 2.45) is 5.92 Å². The lowest BCUT2D eigenvalue weighted by molar-refractivity contribution is -0.118. The number of aromatic nitrogens is 1. The molecule has 11 heteroatoms. The molecule has 172 valence electrons. The summed E-state index contributed by atoms with van der Waals surface area (Å²) in [6.45, 7) is 0. The molecule has 0 unspecified atom stereocenters. The fourth-order valence-electron chi connectivity index (χ4n) is 3.70. The van der Waals surface area contributed by atoms with Crippen molar-refractivity contribution in [1.29, 1.82) is 0 Å². The molecule has 1 aliphatic rings. The van der Waals surface area contributed by atoms with Crippen LogP contribution in [0.15, 0.2) is 18.3 Å².